The molecule has 3 rings (SSSR count). The van der Waals surface area contributed by atoms with Crippen molar-refractivity contribution in [3.63, 3.8) is 0 Å². The fourth-order valence-corrected chi connectivity index (χ4v) is 2.49. The number of hydrogen-bond acceptors (Lipinski definition) is 2. The maximum atomic E-state index is 12.8. The summed E-state index contributed by atoms with van der Waals surface area (Å²) in [6.07, 6.45) is -4.48. The van der Waals surface area contributed by atoms with Crippen molar-refractivity contribution in [3.8, 4) is 11.4 Å². The summed E-state index contributed by atoms with van der Waals surface area (Å²) in [4.78, 5) is 18.8. The summed E-state index contributed by atoms with van der Waals surface area (Å²) in [7, 11) is 0. The number of fused-ring (bicyclic) bond motifs is 1. The Bertz CT molecular complexity index is 919. The van der Waals surface area contributed by atoms with E-state index >= 15 is 0 Å². The molecule has 1 aromatic heterocycles. The normalized spacial score (nSPS) is 11.8. The van der Waals surface area contributed by atoms with Gasteiger partial charge in [0.25, 0.3) is 5.56 Å². The van der Waals surface area contributed by atoms with Gasteiger partial charge >= 0.3 is 6.18 Å². The van der Waals surface area contributed by atoms with Crippen LogP contribution in [0.25, 0.3) is 22.3 Å². The highest BCUT2D eigenvalue weighted by atomic mass is 79.9. The second-order valence-corrected chi connectivity index (χ2v) is 5.57. The Labute approximate surface area is 131 Å². The Morgan fingerprint density at radius 1 is 1.09 bits per heavy atom. The maximum Gasteiger partial charge on any atom is 0.416 e. The second-order valence-electron chi connectivity index (χ2n) is 4.65. The van der Waals surface area contributed by atoms with E-state index < -0.39 is 17.3 Å². The molecule has 0 bridgehead atoms. The number of aromatic nitrogens is 2. The average Bonchev–Trinajstić information content (AvgIpc) is 2.45. The van der Waals surface area contributed by atoms with Crippen LogP contribution >= 0.6 is 15.9 Å². The number of alkyl halides is 3. The van der Waals surface area contributed by atoms with E-state index in [0.717, 1.165) is 22.7 Å². The predicted molar refractivity (Wildman–Crippen MR) is 80.5 cm³/mol. The molecule has 0 spiro atoms. The SMILES string of the molecule is O=c1[nH]c(-c2cccc(Br)c2)nc2cc(C(F)(F)F)ccc12. The molecule has 0 amide bonds. The van der Waals surface area contributed by atoms with Crippen molar-refractivity contribution < 1.29 is 13.2 Å². The van der Waals surface area contributed by atoms with Gasteiger partial charge in [-0.25, -0.2) is 4.98 Å². The molecule has 0 saturated carbocycles. The smallest absolute Gasteiger partial charge is 0.306 e. The van der Waals surface area contributed by atoms with Crippen molar-refractivity contribution in [2.75, 3.05) is 0 Å². The molecule has 3 nitrogen and oxygen atoms in total. The zero-order valence-electron chi connectivity index (χ0n) is 10.9. The first kappa shape index (κ1) is 14.8. The highest BCUT2D eigenvalue weighted by Crippen LogP contribution is 2.30. The van der Waals surface area contributed by atoms with Gasteiger partial charge in [-0.15, -0.1) is 0 Å². The highest BCUT2D eigenvalue weighted by Gasteiger charge is 2.30. The number of aromatic amines is 1. The minimum atomic E-state index is -4.48. The lowest BCUT2D eigenvalue weighted by atomic mass is 10.1. The third-order valence-corrected chi connectivity index (χ3v) is 3.63. The molecule has 22 heavy (non-hydrogen) atoms. The molecule has 0 aliphatic carbocycles. The predicted octanol–water partition coefficient (Wildman–Crippen LogP) is 4.37. The van der Waals surface area contributed by atoms with Gasteiger partial charge in [-0.05, 0) is 30.3 Å². The largest absolute Gasteiger partial charge is 0.416 e. The average molecular weight is 369 g/mol. The second kappa shape index (κ2) is 5.24. The van der Waals surface area contributed by atoms with E-state index in [1.165, 1.54) is 0 Å². The molecule has 0 fully saturated rings. The van der Waals surface area contributed by atoms with Crippen molar-refractivity contribution in [1.82, 2.24) is 9.97 Å². The van der Waals surface area contributed by atoms with Gasteiger partial charge in [0.1, 0.15) is 5.82 Å². The number of halogens is 4. The Balaban J connectivity index is 2.24. The van der Waals surface area contributed by atoms with Crippen LogP contribution in [0.15, 0.2) is 51.7 Å². The van der Waals surface area contributed by atoms with Crippen molar-refractivity contribution >= 4 is 26.8 Å². The number of nitrogens with one attached hydrogen (secondary N) is 1. The summed E-state index contributed by atoms with van der Waals surface area (Å²) < 4.78 is 39.1. The fourth-order valence-electron chi connectivity index (χ4n) is 2.09. The molecule has 1 N–H and O–H groups in total. The van der Waals surface area contributed by atoms with Crippen LogP contribution in [0.5, 0.6) is 0 Å². The van der Waals surface area contributed by atoms with E-state index in [9.17, 15) is 18.0 Å². The monoisotopic (exact) mass is 368 g/mol. The summed E-state index contributed by atoms with van der Waals surface area (Å²) in [6, 6.07) is 9.86. The van der Waals surface area contributed by atoms with Gasteiger partial charge in [0, 0.05) is 10.0 Å². The van der Waals surface area contributed by atoms with Crippen LogP contribution in [-0.4, -0.2) is 9.97 Å². The molecular weight excluding hydrogens is 361 g/mol. The number of rotatable bonds is 1. The topological polar surface area (TPSA) is 45.8 Å². The third kappa shape index (κ3) is 2.76. The van der Waals surface area contributed by atoms with Crippen LogP contribution in [-0.2, 0) is 6.18 Å². The molecule has 0 radical (unpaired) electrons. The lowest BCUT2D eigenvalue weighted by molar-refractivity contribution is -0.137. The number of hydrogen-bond donors (Lipinski definition) is 1. The zero-order chi connectivity index (χ0) is 15.9. The van der Waals surface area contributed by atoms with E-state index in [0.29, 0.717) is 5.56 Å². The van der Waals surface area contributed by atoms with Gasteiger partial charge in [-0.3, -0.25) is 4.79 Å². The Hall–Kier alpha value is -2.15. The fraction of sp³-hybridized carbons (Fsp3) is 0.0667. The standard InChI is InChI=1S/C15H8BrF3N2O/c16-10-3-1-2-8(6-10)13-20-12-7-9(15(17,18)19)4-5-11(12)14(22)21-13/h1-7H,(H,20,21,22). The third-order valence-electron chi connectivity index (χ3n) is 3.13. The molecule has 3 aromatic rings. The van der Waals surface area contributed by atoms with Crippen LogP contribution < -0.4 is 5.56 Å². The van der Waals surface area contributed by atoms with E-state index in [-0.39, 0.29) is 16.7 Å². The molecule has 0 atom stereocenters. The molecule has 0 saturated heterocycles. The molecule has 0 aliphatic heterocycles. The van der Waals surface area contributed by atoms with Gasteiger partial charge in [0.05, 0.1) is 16.5 Å². The van der Waals surface area contributed by atoms with Crippen LogP contribution in [0.4, 0.5) is 13.2 Å². The first-order chi connectivity index (χ1) is 10.3. The van der Waals surface area contributed by atoms with Crippen LogP contribution in [0.2, 0.25) is 0 Å². The molecule has 0 aliphatic rings. The molecule has 2 aromatic carbocycles. The van der Waals surface area contributed by atoms with Gasteiger partial charge in [0.2, 0.25) is 0 Å². The Morgan fingerprint density at radius 2 is 1.86 bits per heavy atom. The zero-order valence-corrected chi connectivity index (χ0v) is 12.5. The first-order valence-electron chi connectivity index (χ1n) is 6.22. The summed E-state index contributed by atoms with van der Waals surface area (Å²) in [6.45, 7) is 0. The molecular formula is C15H8BrF3N2O. The van der Waals surface area contributed by atoms with E-state index in [1.54, 1.807) is 24.3 Å². The van der Waals surface area contributed by atoms with E-state index in [2.05, 4.69) is 25.9 Å². The summed E-state index contributed by atoms with van der Waals surface area (Å²) in [5.74, 6) is 0.220. The van der Waals surface area contributed by atoms with Crippen molar-refractivity contribution in [2.24, 2.45) is 0 Å². The first-order valence-corrected chi connectivity index (χ1v) is 7.01. The maximum absolute atomic E-state index is 12.8. The minimum absolute atomic E-state index is 0.00792. The number of benzene rings is 2. The molecule has 112 valence electrons. The van der Waals surface area contributed by atoms with E-state index in [4.69, 9.17) is 0 Å². The van der Waals surface area contributed by atoms with Gasteiger partial charge in [-0.1, -0.05) is 28.1 Å². The van der Waals surface area contributed by atoms with Gasteiger partial charge < -0.3 is 4.98 Å². The Morgan fingerprint density at radius 3 is 2.55 bits per heavy atom. The Kier molecular flexibility index (Phi) is 3.52. The molecule has 1 heterocycles. The van der Waals surface area contributed by atoms with E-state index in [1.807, 2.05) is 0 Å². The van der Waals surface area contributed by atoms with Gasteiger partial charge in [-0.2, -0.15) is 13.2 Å². The van der Waals surface area contributed by atoms with Crippen molar-refractivity contribution in [3.05, 3.63) is 62.9 Å². The van der Waals surface area contributed by atoms with Crippen LogP contribution in [0.3, 0.4) is 0 Å². The highest BCUT2D eigenvalue weighted by molar-refractivity contribution is 9.10. The van der Waals surface area contributed by atoms with Crippen LogP contribution in [0, 0.1) is 0 Å². The van der Waals surface area contributed by atoms with Crippen molar-refractivity contribution in [1.29, 1.82) is 0 Å². The lowest BCUT2D eigenvalue weighted by Gasteiger charge is -2.08. The quantitative estimate of drug-likeness (QED) is 0.693. The summed E-state index contributed by atoms with van der Waals surface area (Å²) >= 11 is 3.30. The number of nitrogens with zero attached hydrogens (tertiary/aromatic N) is 1. The van der Waals surface area contributed by atoms with Crippen molar-refractivity contribution in [2.45, 2.75) is 6.18 Å². The van der Waals surface area contributed by atoms with Gasteiger partial charge in [0.15, 0.2) is 0 Å². The number of H-pyrrole nitrogens is 1. The van der Waals surface area contributed by atoms with Crippen LogP contribution in [0.1, 0.15) is 5.56 Å². The molecule has 0 unspecified atom stereocenters. The molecule has 7 heteroatoms. The summed E-state index contributed by atoms with van der Waals surface area (Å²) in [5, 5.41) is 0.117. The minimum Gasteiger partial charge on any atom is -0.306 e. The summed E-state index contributed by atoms with van der Waals surface area (Å²) in [5.41, 5.74) is -0.702. The lowest BCUT2D eigenvalue weighted by Crippen LogP contribution is -2.11.